The Hall–Kier alpha value is -3.78. The van der Waals surface area contributed by atoms with E-state index >= 15 is 0 Å². The highest BCUT2D eigenvalue weighted by Crippen LogP contribution is 2.56. The van der Waals surface area contributed by atoms with Gasteiger partial charge in [0, 0.05) is 11.5 Å². The Morgan fingerprint density at radius 1 is 1.18 bits per heavy atom. The van der Waals surface area contributed by atoms with Crippen LogP contribution in [0.25, 0.3) is 5.76 Å². The fourth-order valence-electron chi connectivity index (χ4n) is 6.85. The van der Waals surface area contributed by atoms with Crippen LogP contribution < -0.4 is 16.4 Å². The van der Waals surface area contributed by atoms with Gasteiger partial charge >= 0.3 is 0 Å². The van der Waals surface area contributed by atoms with Gasteiger partial charge in [-0.05, 0) is 51.0 Å². The molecular formula is C27H32N4O9. The first kappa shape index (κ1) is 27.8. The van der Waals surface area contributed by atoms with E-state index < -0.39 is 93.3 Å². The van der Waals surface area contributed by atoms with Gasteiger partial charge in [-0.15, -0.1) is 0 Å². The second kappa shape index (κ2) is 9.41. The quantitative estimate of drug-likeness (QED) is 0.169. The van der Waals surface area contributed by atoms with Crippen LogP contribution in [-0.4, -0.2) is 98.2 Å². The van der Waals surface area contributed by atoms with Crippen LogP contribution >= 0.6 is 0 Å². The van der Waals surface area contributed by atoms with E-state index in [2.05, 4.69) is 10.6 Å². The highest BCUT2D eigenvalue weighted by Gasteiger charge is 2.68. The molecule has 7 atom stereocenters. The number of hydrogen-bond acceptors (Lipinski definition) is 11. The zero-order valence-electron chi connectivity index (χ0n) is 22.1. The third kappa shape index (κ3) is 3.61. The molecule has 1 aromatic carbocycles. The SMILES string of the molecule is C[C@H]1c2ccc(NC(=O)[C@@H]3CCCN3)c(O)c2C(O)=C2C(=O)[C@]3(O)C(O)=C(C(N)=O)C(=O)[C@@H](N(C)C)C3[C@@H](O)C21. The molecule has 2 fully saturated rings. The lowest BCUT2D eigenvalue weighted by atomic mass is 9.54. The molecular weight excluding hydrogens is 524 g/mol. The average molecular weight is 557 g/mol. The molecule has 1 heterocycles. The number of nitrogens with two attached hydrogens (primary N) is 1. The topological polar surface area (TPSA) is 223 Å². The summed E-state index contributed by atoms with van der Waals surface area (Å²) in [4.78, 5) is 53.3. The van der Waals surface area contributed by atoms with Crippen LogP contribution in [0.1, 0.15) is 36.8 Å². The Balaban J connectivity index is 1.68. The van der Waals surface area contributed by atoms with Gasteiger partial charge in [0.15, 0.2) is 11.4 Å². The summed E-state index contributed by atoms with van der Waals surface area (Å²) in [5.74, 6) is -10.1. The molecule has 9 N–H and O–H groups in total. The molecule has 40 heavy (non-hydrogen) atoms. The first-order valence-corrected chi connectivity index (χ1v) is 13.0. The molecule has 0 bridgehead atoms. The van der Waals surface area contributed by atoms with Crippen molar-refractivity contribution in [1.82, 2.24) is 10.2 Å². The van der Waals surface area contributed by atoms with E-state index in [-0.39, 0.29) is 11.3 Å². The van der Waals surface area contributed by atoms with Crippen LogP contribution in [0, 0.1) is 11.8 Å². The van der Waals surface area contributed by atoms with Gasteiger partial charge in [0.25, 0.3) is 5.91 Å². The number of benzene rings is 1. The summed E-state index contributed by atoms with van der Waals surface area (Å²) in [6.45, 7) is 2.31. The van der Waals surface area contributed by atoms with Gasteiger partial charge in [0.1, 0.15) is 22.8 Å². The van der Waals surface area contributed by atoms with Gasteiger partial charge in [0.05, 0.1) is 35.4 Å². The number of primary amides is 1. The van der Waals surface area contributed by atoms with Crippen LogP contribution in [0.2, 0.25) is 0 Å². The molecule has 0 radical (unpaired) electrons. The molecule has 5 rings (SSSR count). The molecule has 1 aliphatic heterocycles. The van der Waals surface area contributed by atoms with Crippen LogP contribution in [0.4, 0.5) is 5.69 Å². The number of nitrogens with one attached hydrogen (secondary N) is 2. The third-order valence-electron chi connectivity index (χ3n) is 8.76. The summed E-state index contributed by atoms with van der Waals surface area (Å²) in [5.41, 5.74) is 0.999. The maximum atomic E-state index is 14.0. The van der Waals surface area contributed by atoms with Crippen molar-refractivity contribution >= 4 is 34.8 Å². The van der Waals surface area contributed by atoms with Crippen molar-refractivity contribution in [2.24, 2.45) is 17.6 Å². The number of aliphatic hydroxyl groups excluding tert-OH is 3. The summed E-state index contributed by atoms with van der Waals surface area (Å²) in [6.07, 6.45) is -0.253. The Labute approximate surface area is 229 Å². The lowest BCUT2D eigenvalue weighted by Crippen LogP contribution is -2.70. The molecule has 2 unspecified atom stereocenters. The number of anilines is 1. The first-order valence-electron chi connectivity index (χ1n) is 13.0. The summed E-state index contributed by atoms with van der Waals surface area (Å²) in [5, 5.41) is 62.5. The number of Topliss-reactive ketones (excluding diaryl/α,β-unsaturated/α-hetero) is 2. The van der Waals surface area contributed by atoms with Gasteiger partial charge in [-0.2, -0.15) is 0 Å². The normalized spacial score (nSPS) is 33.5. The number of ketones is 2. The fourth-order valence-corrected chi connectivity index (χ4v) is 6.85. The highest BCUT2D eigenvalue weighted by atomic mass is 16.4. The van der Waals surface area contributed by atoms with Gasteiger partial charge in [-0.1, -0.05) is 13.0 Å². The minimum absolute atomic E-state index is 0.0228. The lowest BCUT2D eigenvalue weighted by molar-refractivity contribution is -0.169. The number of aromatic hydroxyl groups is 1. The molecule has 13 nitrogen and oxygen atoms in total. The average Bonchev–Trinajstić information content (AvgIpc) is 3.42. The largest absolute Gasteiger partial charge is 0.508 e. The predicted octanol–water partition coefficient (Wildman–Crippen LogP) is -0.814. The zero-order chi connectivity index (χ0) is 29.4. The van der Waals surface area contributed by atoms with E-state index in [9.17, 15) is 44.7 Å². The number of phenols is 1. The third-order valence-corrected chi connectivity index (χ3v) is 8.76. The number of aliphatic hydroxyl groups is 4. The Morgan fingerprint density at radius 2 is 1.85 bits per heavy atom. The van der Waals surface area contributed by atoms with Gasteiger partial charge in [-0.25, -0.2) is 0 Å². The molecule has 0 aromatic heterocycles. The molecule has 214 valence electrons. The van der Waals surface area contributed by atoms with Crippen LogP contribution in [-0.2, 0) is 19.2 Å². The Kier molecular flexibility index (Phi) is 6.53. The number of fused-ring (bicyclic) bond motifs is 3. The van der Waals surface area contributed by atoms with E-state index in [1.807, 2.05) is 0 Å². The number of carbonyl (C=O) groups is 4. The molecule has 4 aliphatic rings. The van der Waals surface area contributed by atoms with Gasteiger partial charge in [0.2, 0.25) is 11.7 Å². The van der Waals surface area contributed by atoms with Crippen LogP contribution in [0.5, 0.6) is 5.75 Å². The summed E-state index contributed by atoms with van der Waals surface area (Å²) in [6, 6.07) is 1.11. The number of likely N-dealkylation sites (N-methyl/N-ethyl adjacent to an activating group) is 1. The van der Waals surface area contributed by atoms with Crippen molar-refractivity contribution in [3.8, 4) is 5.75 Å². The summed E-state index contributed by atoms with van der Waals surface area (Å²) >= 11 is 0. The summed E-state index contributed by atoms with van der Waals surface area (Å²) < 4.78 is 0. The predicted molar refractivity (Wildman–Crippen MR) is 140 cm³/mol. The number of phenolic OH excluding ortho intramolecular Hbond substituents is 1. The van der Waals surface area contributed by atoms with Crippen molar-refractivity contribution in [3.05, 3.63) is 40.2 Å². The van der Waals surface area contributed by atoms with Crippen LogP contribution in [0.3, 0.4) is 0 Å². The number of nitrogens with zero attached hydrogens (tertiary/aromatic N) is 1. The van der Waals surface area contributed by atoms with Gasteiger partial charge in [-0.3, -0.25) is 24.1 Å². The molecule has 13 heteroatoms. The van der Waals surface area contributed by atoms with Crippen molar-refractivity contribution in [2.45, 2.75) is 49.5 Å². The van der Waals surface area contributed by atoms with E-state index in [1.54, 1.807) is 13.0 Å². The highest BCUT2D eigenvalue weighted by molar-refractivity contribution is 6.24. The van der Waals surface area contributed by atoms with Crippen molar-refractivity contribution < 1.29 is 44.7 Å². The maximum absolute atomic E-state index is 14.0. The van der Waals surface area contributed by atoms with Gasteiger partial charge < -0.3 is 41.9 Å². The summed E-state index contributed by atoms with van der Waals surface area (Å²) in [7, 11) is 2.89. The van der Waals surface area contributed by atoms with Crippen molar-refractivity contribution in [3.63, 3.8) is 0 Å². The number of hydrogen-bond donors (Lipinski definition) is 8. The molecule has 1 aromatic rings. The minimum atomic E-state index is -2.99. The monoisotopic (exact) mass is 556 g/mol. The smallest absolute Gasteiger partial charge is 0.255 e. The molecule has 2 amide bonds. The fraction of sp³-hybridized carbons (Fsp3) is 0.481. The van der Waals surface area contributed by atoms with E-state index in [4.69, 9.17) is 5.73 Å². The zero-order valence-corrected chi connectivity index (χ0v) is 22.1. The lowest BCUT2D eigenvalue weighted by Gasteiger charge is -2.53. The second-order valence-electron chi connectivity index (χ2n) is 11.1. The standard InChI is InChI=1S/C27H32N4O9/c1-9-10-6-7-11(30-26(39)12-5-4-8-29-12)19(32)14(10)20(33)15-13(9)21(34)17-18(31(2)3)22(35)16(25(28)38)24(37)27(17,40)23(15)36/h6-7,9,12-13,17-18,21,29,32-34,37,40H,4-5,8H2,1-3H3,(H2,28,38)(H,30,39)/t9-,12-,13?,17?,18-,21-,27-/m0/s1. The van der Waals surface area contributed by atoms with Crippen LogP contribution in [0.15, 0.2) is 29.0 Å². The minimum Gasteiger partial charge on any atom is -0.508 e. The Morgan fingerprint density at radius 3 is 2.42 bits per heavy atom. The second-order valence-corrected chi connectivity index (χ2v) is 11.1. The van der Waals surface area contributed by atoms with E-state index in [0.717, 1.165) is 6.42 Å². The molecule has 3 aliphatic carbocycles. The van der Waals surface area contributed by atoms with Crippen molar-refractivity contribution in [1.29, 1.82) is 0 Å². The number of amides is 2. The van der Waals surface area contributed by atoms with Crippen molar-refractivity contribution in [2.75, 3.05) is 26.0 Å². The molecule has 0 spiro atoms. The molecule has 1 saturated carbocycles. The Bertz CT molecular complexity index is 1410. The number of rotatable bonds is 4. The first-order chi connectivity index (χ1) is 18.7. The van der Waals surface area contributed by atoms with E-state index in [0.29, 0.717) is 18.5 Å². The number of carbonyl (C=O) groups excluding carboxylic acids is 4. The van der Waals surface area contributed by atoms with E-state index in [1.165, 1.54) is 25.1 Å². The molecule has 1 saturated heterocycles. The maximum Gasteiger partial charge on any atom is 0.255 e.